The molecule has 5 heavy (non-hydrogen) atoms. The maximum atomic E-state index is 4.02. The molecule has 0 aliphatic carbocycles. The van der Waals surface area contributed by atoms with Crippen LogP contribution in [0.1, 0.15) is 6.42 Å². The molecule has 2 radical (unpaired) electrons. The van der Waals surface area contributed by atoms with Crippen LogP contribution < -0.4 is 0 Å². The van der Waals surface area contributed by atoms with Crippen molar-refractivity contribution >= 4 is 35.2 Å². The van der Waals surface area contributed by atoms with Crippen molar-refractivity contribution in [2.24, 2.45) is 0 Å². The minimum atomic E-state index is 1.07. The van der Waals surface area contributed by atoms with Crippen molar-refractivity contribution < 1.29 is 0 Å². The second-order valence-electron chi connectivity index (χ2n) is 0.866. The quantitative estimate of drug-likeness (QED) is 0.484. The molecule has 0 spiro atoms. The SMILES string of the molecule is SCC[CH2][SnH]. The van der Waals surface area contributed by atoms with Gasteiger partial charge in [0.05, 0.1) is 0 Å². The molecule has 0 nitrogen and oxygen atoms in total. The monoisotopic (exact) mass is 196 g/mol. The van der Waals surface area contributed by atoms with Gasteiger partial charge in [-0.1, -0.05) is 0 Å². The van der Waals surface area contributed by atoms with Crippen LogP contribution in [-0.4, -0.2) is 28.3 Å². The predicted octanol–water partition coefficient (Wildman–Crippen LogP) is 0.625. The van der Waals surface area contributed by atoms with E-state index >= 15 is 0 Å². The molecule has 0 rings (SSSR count). The van der Waals surface area contributed by atoms with Crippen molar-refractivity contribution in [2.75, 3.05) is 5.75 Å². The molecule has 0 fully saturated rings. The Labute approximate surface area is 51.8 Å². The van der Waals surface area contributed by atoms with E-state index in [1.165, 1.54) is 33.4 Å². The third kappa shape index (κ3) is 5.15. The first-order valence-electron chi connectivity index (χ1n) is 1.72. The first kappa shape index (κ1) is 6.15. The fourth-order valence-electron chi connectivity index (χ4n) is 0.0913. The van der Waals surface area contributed by atoms with Crippen LogP contribution in [0.4, 0.5) is 0 Å². The van der Waals surface area contributed by atoms with Gasteiger partial charge in [0.1, 0.15) is 0 Å². The zero-order chi connectivity index (χ0) is 4.12. The minimum absolute atomic E-state index is 1.07. The van der Waals surface area contributed by atoms with E-state index in [4.69, 9.17) is 0 Å². The zero-order valence-electron chi connectivity index (χ0n) is 3.15. The van der Waals surface area contributed by atoms with Crippen molar-refractivity contribution in [3.05, 3.63) is 0 Å². The van der Waals surface area contributed by atoms with Gasteiger partial charge in [0.15, 0.2) is 0 Å². The normalized spacial score (nSPS) is 8.40. The second kappa shape index (κ2) is 5.15. The number of hydrogen-bond donors (Lipinski definition) is 1. The van der Waals surface area contributed by atoms with Crippen molar-refractivity contribution in [3.63, 3.8) is 0 Å². The molecule has 0 atom stereocenters. The van der Waals surface area contributed by atoms with Crippen molar-refractivity contribution in [1.29, 1.82) is 0 Å². The third-order valence-electron chi connectivity index (χ3n) is 0.362. The van der Waals surface area contributed by atoms with Crippen LogP contribution in [0.3, 0.4) is 0 Å². The molecule has 0 amide bonds. The Hall–Kier alpha value is 1.15. The van der Waals surface area contributed by atoms with Gasteiger partial charge in [-0.3, -0.25) is 0 Å². The Bertz CT molecular complexity index is 14.4. The van der Waals surface area contributed by atoms with Crippen LogP contribution in [0.2, 0.25) is 4.44 Å². The molecule has 0 aromatic heterocycles. The molecule has 0 saturated carbocycles. The average Bonchev–Trinajstić information content (AvgIpc) is 1.41. The molecule has 0 heterocycles. The molecule has 0 aromatic rings. The standard InChI is InChI=1S/C3H7S.Sn.H/c1-2-3-4;;/h4H,1-3H2;;. The summed E-state index contributed by atoms with van der Waals surface area (Å²) in [6, 6.07) is 0. The van der Waals surface area contributed by atoms with Crippen molar-refractivity contribution in [1.82, 2.24) is 0 Å². The van der Waals surface area contributed by atoms with Gasteiger partial charge in [-0.25, -0.2) is 0 Å². The third-order valence-corrected chi connectivity index (χ3v) is 1.84. The molecule has 0 bridgehead atoms. The summed E-state index contributed by atoms with van der Waals surface area (Å²) in [5, 5.41) is 0. The number of hydrogen-bond acceptors (Lipinski definition) is 1. The summed E-state index contributed by atoms with van der Waals surface area (Å²) < 4.78 is 1.40. The first-order valence-corrected chi connectivity index (χ1v) is 4.69. The first-order chi connectivity index (χ1) is 2.41. The summed E-state index contributed by atoms with van der Waals surface area (Å²) in [6.07, 6.45) is 1.31. The van der Waals surface area contributed by atoms with Crippen LogP contribution in [0.15, 0.2) is 0 Å². The molecular weight excluding hydrogens is 187 g/mol. The molecule has 30 valence electrons. The fraction of sp³-hybridized carbons (Fsp3) is 1.00. The molecular formula is C3H8SSn. The van der Waals surface area contributed by atoms with E-state index in [1.54, 1.807) is 0 Å². The van der Waals surface area contributed by atoms with Crippen molar-refractivity contribution in [3.8, 4) is 0 Å². The van der Waals surface area contributed by atoms with E-state index in [9.17, 15) is 0 Å². The van der Waals surface area contributed by atoms with Gasteiger partial charge in [-0.05, 0) is 0 Å². The van der Waals surface area contributed by atoms with Crippen LogP contribution in [-0.2, 0) is 0 Å². The average molecular weight is 195 g/mol. The van der Waals surface area contributed by atoms with Gasteiger partial charge in [0.2, 0.25) is 0 Å². The number of rotatable bonds is 2. The Morgan fingerprint density at radius 3 is 2.20 bits per heavy atom. The van der Waals surface area contributed by atoms with E-state index in [0.29, 0.717) is 0 Å². The Kier molecular flexibility index (Phi) is 6.33. The predicted molar refractivity (Wildman–Crippen MR) is 30.4 cm³/mol. The van der Waals surface area contributed by atoms with E-state index in [2.05, 4.69) is 12.6 Å². The molecule has 2 heteroatoms. The topological polar surface area (TPSA) is 0 Å². The Morgan fingerprint density at radius 1 is 1.60 bits per heavy atom. The maximum absolute atomic E-state index is 4.02. The summed E-state index contributed by atoms with van der Waals surface area (Å²) in [5.74, 6) is 1.07. The molecule has 0 aromatic carbocycles. The summed E-state index contributed by atoms with van der Waals surface area (Å²) in [6.45, 7) is 0. The van der Waals surface area contributed by atoms with Gasteiger partial charge < -0.3 is 0 Å². The van der Waals surface area contributed by atoms with E-state index in [-0.39, 0.29) is 0 Å². The summed E-state index contributed by atoms with van der Waals surface area (Å²) >= 11 is 5.42. The Morgan fingerprint density at radius 2 is 2.20 bits per heavy atom. The van der Waals surface area contributed by atoms with Crippen LogP contribution in [0.25, 0.3) is 0 Å². The van der Waals surface area contributed by atoms with E-state index < -0.39 is 0 Å². The molecule has 0 aliphatic rings. The Balaban J connectivity index is 2.19. The van der Waals surface area contributed by atoms with Gasteiger partial charge in [0, 0.05) is 0 Å². The fourth-order valence-corrected chi connectivity index (χ4v) is 1.84. The van der Waals surface area contributed by atoms with Gasteiger partial charge in [-0.15, -0.1) is 0 Å². The van der Waals surface area contributed by atoms with Gasteiger partial charge in [0.25, 0.3) is 0 Å². The summed E-state index contributed by atoms with van der Waals surface area (Å²) in [4.78, 5) is 0. The van der Waals surface area contributed by atoms with Crippen LogP contribution in [0, 0.1) is 0 Å². The molecule has 0 N–H and O–H groups in total. The summed E-state index contributed by atoms with van der Waals surface area (Å²) in [5.41, 5.74) is 0. The van der Waals surface area contributed by atoms with E-state index in [0.717, 1.165) is 5.75 Å². The number of thiol groups is 1. The molecule has 0 saturated heterocycles. The summed E-state index contributed by atoms with van der Waals surface area (Å²) in [7, 11) is 0. The van der Waals surface area contributed by atoms with Crippen molar-refractivity contribution in [2.45, 2.75) is 10.9 Å². The molecule has 0 unspecified atom stereocenters. The molecule has 0 aliphatic heterocycles. The van der Waals surface area contributed by atoms with Crippen LogP contribution >= 0.6 is 12.6 Å². The second-order valence-corrected chi connectivity index (χ2v) is 2.96. The van der Waals surface area contributed by atoms with Crippen LogP contribution in [0.5, 0.6) is 0 Å². The van der Waals surface area contributed by atoms with Gasteiger partial charge >= 0.3 is 51.8 Å². The van der Waals surface area contributed by atoms with E-state index in [1.807, 2.05) is 0 Å². The zero-order valence-corrected chi connectivity index (χ0v) is 7.34. The van der Waals surface area contributed by atoms with Gasteiger partial charge in [-0.2, -0.15) is 0 Å².